The van der Waals surface area contributed by atoms with E-state index in [0.29, 0.717) is 17.9 Å². The molecule has 0 bridgehead atoms. The van der Waals surface area contributed by atoms with E-state index in [1.54, 1.807) is 31.6 Å². The number of carbonyl (C=O) groups excluding carboxylic acids is 1. The standard InChI is InChI=1S/C15H17NO3S/c1-10-13(18-2)7-6-12(15(10)19-3)16-14(17)9-11-5-4-8-20-11/h4-8H,9H2,1-3H3,(H,16,17). The summed E-state index contributed by atoms with van der Waals surface area (Å²) in [6.07, 6.45) is 0.367. The molecule has 1 aromatic carbocycles. The van der Waals surface area contributed by atoms with Crippen molar-refractivity contribution >= 4 is 22.9 Å². The smallest absolute Gasteiger partial charge is 0.229 e. The van der Waals surface area contributed by atoms with Crippen LogP contribution in [0.4, 0.5) is 5.69 Å². The maximum absolute atomic E-state index is 12.0. The predicted octanol–water partition coefficient (Wildman–Crippen LogP) is 3.25. The first-order valence-electron chi connectivity index (χ1n) is 6.19. The predicted molar refractivity (Wildman–Crippen MR) is 80.9 cm³/mol. The molecule has 0 spiro atoms. The van der Waals surface area contributed by atoms with E-state index < -0.39 is 0 Å². The number of hydrogen-bond acceptors (Lipinski definition) is 4. The number of ether oxygens (including phenoxy) is 2. The van der Waals surface area contributed by atoms with Gasteiger partial charge in [0.1, 0.15) is 11.5 Å². The van der Waals surface area contributed by atoms with Gasteiger partial charge >= 0.3 is 0 Å². The average Bonchev–Trinajstić information content (AvgIpc) is 2.92. The molecule has 4 nitrogen and oxygen atoms in total. The number of rotatable bonds is 5. The number of hydrogen-bond donors (Lipinski definition) is 1. The lowest BCUT2D eigenvalue weighted by Crippen LogP contribution is -2.14. The van der Waals surface area contributed by atoms with E-state index in [0.717, 1.165) is 16.2 Å². The zero-order valence-corrected chi connectivity index (χ0v) is 12.5. The van der Waals surface area contributed by atoms with Gasteiger partial charge in [0.25, 0.3) is 0 Å². The molecule has 0 aliphatic rings. The van der Waals surface area contributed by atoms with Crippen molar-refractivity contribution in [2.75, 3.05) is 19.5 Å². The molecule has 0 saturated heterocycles. The van der Waals surface area contributed by atoms with Crippen molar-refractivity contribution in [2.45, 2.75) is 13.3 Å². The summed E-state index contributed by atoms with van der Waals surface area (Å²) in [5, 5.41) is 4.84. The van der Waals surface area contributed by atoms with E-state index in [2.05, 4.69) is 5.32 Å². The summed E-state index contributed by atoms with van der Waals surface area (Å²) in [4.78, 5) is 13.1. The molecule has 0 unspecified atom stereocenters. The first-order chi connectivity index (χ1) is 9.65. The Bertz CT molecular complexity index is 593. The van der Waals surface area contributed by atoms with Crippen LogP contribution in [-0.4, -0.2) is 20.1 Å². The minimum atomic E-state index is -0.0599. The highest BCUT2D eigenvalue weighted by molar-refractivity contribution is 7.10. The van der Waals surface area contributed by atoms with Crippen LogP contribution in [0, 0.1) is 6.92 Å². The van der Waals surface area contributed by atoms with E-state index in [-0.39, 0.29) is 5.91 Å². The Hall–Kier alpha value is -2.01. The van der Waals surface area contributed by atoms with Crippen LogP contribution >= 0.6 is 11.3 Å². The van der Waals surface area contributed by atoms with Crippen molar-refractivity contribution in [2.24, 2.45) is 0 Å². The Morgan fingerprint density at radius 3 is 2.65 bits per heavy atom. The van der Waals surface area contributed by atoms with E-state index in [9.17, 15) is 4.79 Å². The fourth-order valence-corrected chi connectivity index (χ4v) is 2.73. The van der Waals surface area contributed by atoms with Crippen molar-refractivity contribution in [1.82, 2.24) is 0 Å². The maximum Gasteiger partial charge on any atom is 0.229 e. The molecule has 2 rings (SSSR count). The van der Waals surface area contributed by atoms with Crippen molar-refractivity contribution in [1.29, 1.82) is 0 Å². The summed E-state index contributed by atoms with van der Waals surface area (Å²) in [6, 6.07) is 7.49. The molecule has 0 aliphatic carbocycles. The summed E-state index contributed by atoms with van der Waals surface area (Å²) in [6.45, 7) is 1.90. The van der Waals surface area contributed by atoms with Gasteiger partial charge in [-0.2, -0.15) is 0 Å². The summed E-state index contributed by atoms with van der Waals surface area (Å²) in [5.41, 5.74) is 1.52. The van der Waals surface area contributed by atoms with Crippen molar-refractivity contribution in [3.63, 3.8) is 0 Å². The Labute approximate surface area is 122 Å². The van der Waals surface area contributed by atoms with Crippen LogP contribution in [0.2, 0.25) is 0 Å². The summed E-state index contributed by atoms with van der Waals surface area (Å²) in [5.74, 6) is 1.30. The third-order valence-electron chi connectivity index (χ3n) is 2.97. The summed E-state index contributed by atoms with van der Waals surface area (Å²) < 4.78 is 10.6. The highest BCUT2D eigenvalue weighted by Gasteiger charge is 2.13. The fourth-order valence-electron chi connectivity index (χ4n) is 2.02. The molecule has 0 aliphatic heterocycles. The zero-order valence-electron chi connectivity index (χ0n) is 11.7. The van der Waals surface area contributed by atoms with Crippen LogP contribution < -0.4 is 14.8 Å². The molecule has 0 fully saturated rings. The molecule has 1 aromatic heterocycles. The minimum absolute atomic E-state index is 0.0599. The molecule has 0 saturated carbocycles. The normalized spacial score (nSPS) is 10.2. The van der Waals surface area contributed by atoms with Gasteiger partial charge in [-0.15, -0.1) is 11.3 Å². The van der Waals surface area contributed by atoms with Crippen LogP contribution in [0.25, 0.3) is 0 Å². The second-order valence-electron chi connectivity index (χ2n) is 4.28. The molecule has 0 radical (unpaired) electrons. The largest absolute Gasteiger partial charge is 0.496 e. The number of methoxy groups -OCH3 is 2. The monoisotopic (exact) mass is 291 g/mol. The Kier molecular flexibility index (Phi) is 4.63. The zero-order chi connectivity index (χ0) is 14.5. The molecule has 5 heteroatoms. The van der Waals surface area contributed by atoms with Gasteiger partial charge < -0.3 is 14.8 Å². The number of nitrogens with one attached hydrogen (secondary N) is 1. The molecule has 106 valence electrons. The van der Waals surface area contributed by atoms with E-state index >= 15 is 0 Å². The lowest BCUT2D eigenvalue weighted by molar-refractivity contribution is -0.115. The van der Waals surface area contributed by atoms with Crippen LogP contribution in [-0.2, 0) is 11.2 Å². The molecular weight excluding hydrogens is 274 g/mol. The topological polar surface area (TPSA) is 47.6 Å². The summed E-state index contributed by atoms with van der Waals surface area (Å²) in [7, 11) is 3.19. The van der Waals surface area contributed by atoms with Crippen LogP contribution in [0.1, 0.15) is 10.4 Å². The third-order valence-corrected chi connectivity index (χ3v) is 3.85. The maximum atomic E-state index is 12.0. The van der Waals surface area contributed by atoms with Gasteiger partial charge in [0.05, 0.1) is 26.3 Å². The van der Waals surface area contributed by atoms with Crippen molar-refractivity contribution < 1.29 is 14.3 Å². The Balaban J connectivity index is 2.16. The molecular formula is C15H17NO3S. The molecule has 0 atom stereocenters. The molecule has 1 amide bonds. The minimum Gasteiger partial charge on any atom is -0.496 e. The van der Waals surface area contributed by atoms with Gasteiger partial charge in [-0.25, -0.2) is 0 Å². The SMILES string of the molecule is COc1ccc(NC(=O)Cc2cccs2)c(OC)c1C. The van der Waals surface area contributed by atoms with Gasteiger partial charge in [0, 0.05) is 10.4 Å². The lowest BCUT2D eigenvalue weighted by Gasteiger charge is -2.15. The molecule has 20 heavy (non-hydrogen) atoms. The average molecular weight is 291 g/mol. The molecule has 1 N–H and O–H groups in total. The van der Waals surface area contributed by atoms with E-state index in [1.807, 2.05) is 30.5 Å². The number of amides is 1. The van der Waals surface area contributed by atoms with Crippen LogP contribution in [0.3, 0.4) is 0 Å². The van der Waals surface area contributed by atoms with Gasteiger partial charge in [0.2, 0.25) is 5.91 Å². The van der Waals surface area contributed by atoms with Gasteiger partial charge in [-0.3, -0.25) is 4.79 Å². The quantitative estimate of drug-likeness (QED) is 0.920. The summed E-state index contributed by atoms with van der Waals surface area (Å²) >= 11 is 1.57. The third kappa shape index (κ3) is 3.11. The van der Waals surface area contributed by atoms with E-state index in [1.165, 1.54) is 0 Å². The highest BCUT2D eigenvalue weighted by Crippen LogP contribution is 2.34. The highest BCUT2D eigenvalue weighted by atomic mass is 32.1. The van der Waals surface area contributed by atoms with E-state index in [4.69, 9.17) is 9.47 Å². The number of thiophene rings is 1. The molecule has 1 heterocycles. The van der Waals surface area contributed by atoms with Crippen LogP contribution in [0.15, 0.2) is 29.6 Å². The van der Waals surface area contributed by atoms with Crippen molar-refractivity contribution in [3.8, 4) is 11.5 Å². The first kappa shape index (κ1) is 14.4. The van der Waals surface area contributed by atoms with Gasteiger partial charge in [0.15, 0.2) is 0 Å². The number of carbonyl (C=O) groups is 1. The number of anilines is 1. The van der Waals surface area contributed by atoms with Crippen molar-refractivity contribution in [3.05, 3.63) is 40.1 Å². The number of benzene rings is 1. The fraction of sp³-hybridized carbons (Fsp3) is 0.267. The molecule has 2 aromatic rings. The van der Waals surface area contributed by atoms with Gasteiger partial charge in [-0.1, -0.05) is 6.07 Å². The van der Waals surface area contributed by atoms with Gasteiger partial charge in [-0.05, 0) is 30.5 Å². The van der Waals surface area contributed by atoms with Crippen LogP contribution in [0.5, 0.6) is 11.5 Å². The lowest BCUT2D eigenvalue weighted by atomic mass is 10.1. The first-order valence-corrected chi connectivity index (χ1v) is 7.07. The second-order valence-corrected chi connectivity index (χ2v) is 5.31. The Morgan fingerprint density at radius 2 is 2.05 bits per heavy atom. The second kappa shape index (κ2) is 6.43. The Morgan fingerprint density at radius 1 is 1.25 bits per heavy atom.